The lowest BCUT2D eigenvalue weighted by Crippen LogP contribution is -2.12. The van der Waals surface area contributed by atoms with Gasteiger partial charge in [0.05, 0.1) is 5.69 Å². The van der Waals surface area contributed by atoms with E-state index in [0.717, 1.165) is 35.1 Å². The van der Waals surface area contributed by atoms with Crippen molar-refractivity contribution in [2.75, 3.05) is 6.61 Å². The monoisotopic (exact) mass is 363 g/mol. The Balaban J connectivity index is 1.36. The van der Waals surface area contributed by atoms with E-state index in [1.165, 1.54) is 18.4 Å². The van der Waals surface area contributed by atoms with E-state index in [4.69, 9.17) is 4.74 Å². The predicted octanol–water partition coefficient (Wildman–Crippen LogP) is 4.12. The molecule has 0 atom stereocenters. The van der Waals surface area contributed by atoms with Gasteiger partial charge in [0.1, 0.15) is 6.61 Å². The summed E-state index contributed by atoms with van der Waals surface area (Å²) in [5.41, 5.74) is 4.36. The van der Waals surface area contributed by atoms with Crippen LogP contribution in [0.15, 0.2) is 36.4 Å². The van der Waals surface area contributed by atoms with E-state index in [9.17, 15) is 4.79 Å². The van der Waals surface area contributed by atoms with Crippen molar-refractivity contribution in [3.8, 4) is 5.88 Å². The topological polar surface area (TPSA) is 57.0 Å². The first-order valence-corrected chi connectivity index (χ1v) is 9.64. The second-order valence-electron chi connectivity index (χ2n) is 7.43. The molecule has 0 aliphatic heterocycles. The second kappa shape index (κ2) is 7.51. The number of aryl methyl sites for hydroxylation is 3. The van der Waals surface area contributed by atoms with Gasteiger partial charge in [0.2, 0.25) is 5.88 Å². The van der Waals surface area contributed by atoms with E-state index < -0.39 is 0 Å². The fourth-order valence-electron chi connectivity index (χ4n) is 3.51. The summed E-state index contributed by atoms with van der Waals surface area (Å²) in [5.74, 6) is 1.18. The fourth-order valence-corrected chi connectivity index (χ4v) is 3.51. The third-order valence-corrected chi connectivity index (χ3v) is 5.10. The molecular weight excluding hydrogens is 338 g/mol. The first kappa shape index (κ1) is 17.7. The van der Waals surface area contributed by atoms with Crippen LogP contribution in [0, 0.1) is 6.92 Å². The van der Waals surface area contributed by atoms with Crippen LogP contribution >= 0.6 is 0 Å². The summed E-state index contributed by atoms with van der Waals surface area (Å²) in [4.78, 5) is 16.7. The lowest BCUT2D eigenvalue weighted by Gasteiger charge is -2.07. The van der Waals surface area contributed by atoms with Crippen LogP contribution in [0.1, 0.15) is 48.4 Å². The van der Waals surface area contributed by atoms with Crippen LogP contribution in [0.3, 0.4) is 0 Å². The Morgan fingerprint density at radius 3 is 2.78 bits per heavy atom. The van der Waals surface area contributed by atoms with Gasteiger partial charge in [0, 0.05) is 30.8 Å². The van der Waals surface area contributed by atoms with Crippen molar-refractivity contribution in [1.29, 1.82) is 0 Å². The quantitative estimate of drug-likeness (QED) is 0.604. The number of hydrogen-bond donors (Lipinski definition) is 0. The first-order valence-electron chi connectivity index (χ1n) is 9.64. The number of hydrogen-bond acceptors (Lipinski definition) is 4. The van der Waals surface area contributed by atoms with Crippen molar-refractivity contribution in [3.63, 3.8) is 0 Å². The second-order valence-corrected chi connectivity index (χ2v) is 7.43. The largest absolute Gasteiger partial charge is 0.470 e. The summed E-state index contributed by atoms with van der Waals surface area (Å²) in [7, 11) is 1.92. The molecule has 0 amide bonds. The van der Waals surface area contributed by atoms with Gasteiger partial charge in [-0.05, 0) is 43.7 Å². The molecule has 140 valence electrons. The molecule has 2 aromatic heterocycles. The zero-order chi connectivity index (χ0) is 18.8. The number of nitrogens with zero attached hydrogens (tertiary/aromatic N) is 3. The van der Waals surface area contributed by atoms with Gasteiger partial charge in [-0.15, -0.1) is 0 Å². The average molecular weight is 363 g/mol. The van der Waals surface area contributed by atoms with Crippen LogP contribution in [0.2, 0.25) is 0 Å². The van der Waals surface area contributed by atoms with Crippen molar-refractivity contribution in [2.24, 2.45) is 7.05 Å². The normalized spacial score (nSPS) is 13.9. The van der Waals surface area contributed by atoms with E-state index in [1.54, 1.807) is 0 Å². The van der Waals surface area contributed by atoms with Gasteiger partial charge in [-0.2, -0.15) is 10.1 Å². The van der Waals surface area contributed by atoms with Gasteiger partial charge in [0.15, 0.2) is 11.4 Å². The molecule has 0 unspecified atom stereocenters. The van der Waals surface area contributed by atoms with E-state index >= 15 is 0 Å². The number of carbonyl (C=O) groups excluding carboxylic acids is 1. The summed E-state index contributed by atoms with van der Waals surface area (Å²) < 4.78 is 7.52. The number of carbonyl (C=O) groups is 1. The number of pyridine rings is 1. The van der Waals surface area contributed by atoms with Gasteiger partial charge in [-0.3, -0.25) is 9.48 Å². The summed E-state index contributed by atoms with van der Waals surface area (Å²) in [5, 5.41) is 5.79. The summed E-state index contributed by atoms with van der Waals surface area (Å²) >= 11 is 0. The first-order chi connectivity index (χ1) is 13.1. The van der Waals surface area contributed by atoms with Crippen molar-refractivity contribution in [1.82, 2.24) is 14.8 Å². The zero-order valence-electron chi connectivity index (χ0n) is 15.9. The maximum atomic E-state index is 12.2. The van der Waals surface area contributed by atoms with Crippen molar-refractivity contribution in [2.45, 2.75) is 44.9 Å². The van der Waals surface area contributed by atoms with Crippen LogP contribution in [0.5, 0.6) is 5.88 Å². The molecule has 0 bridgehead atoms. The summed E-state index contributed by atoms with van der Waals surface area (Å²) in [6, 6.07) is 12.2. The molecule has 2 heterocycles. The number of benzene rings is 1. The highest BCUT2D eigenvalue weighted by Gasteiger charge is 2.30. The number of aromatic nitrogens is 3. The minimum atomic E-state index is 0.0695. The van der Waals surface area contributed by atoms with Gasteiger partial charge < -0.3 is 4.74 Å². The van der Waals surface area contributed by atoms with Crippen LogP contribution in [0.4, 0.5) is 0 Å². The highest BCUT2D eigenvalue weighted by atomic mass is 16.5. The Kier molecular flexibility index (Phi) is 4.92. The Morgan fingerprint density at radius 2 is 2.04 bits per heavy atom. The maximum Gasteiger partial charge on any atom is 0.215 e. The van der Waals surface area contributed by atoms with Gasteiger partial charge >= 0.3 is 0 Å². The average Bonchev–Trinajstić information content (AvgIpc) is 3.45. The molecule has 1 aliphatic carbocycles. The van der Waals surface area contributed by atoms with E-state index in [2.05, 4.69) is 29.1 Å². The molecule has 0 spiro atoms. The number of Topliss-reactive ketones (excluding diaryl/α,β-unsaturated/α-hetero) is 1. The van der Waals surface area contributed by atoms with Crippen LogP contribution in [-0.4, -0.2) is 27.2 Å². The Labute approximate surface area is 159 Å². The Hall–Kier alpha value is -2.69. The van der Waals surface area contributed by atoms with Crippen LogP contribution in [-0.2, 0) is 18.3 Å². The number of ether oxygens (including phenoxy) is 1. The molecule has 5 heteroatoms. The lowest BCUT2D eigenvalue weighted by atomic mass is 10.1. The van der Waals surface area contributed by atoms with E-state index in [1.807, 2.05) is 36.0 Å². The third-order valence-electron chi connectivity index (χ3n) is 5.10. The summed E-state index contributed by atoms with van der Waals surface area (Å²) in [6.07, 6.45) is 4.69. The van der Waals surface area contributed by atoms with Gasteiger partial charge in [0.25, 0.3) is 0 Å². The molecule has 0 N–H and O–H groups in total. The van der Waals surface area contributed by atoms with Crippen molar-refractivity contribution in [3.05, 3.63) is 53.2 Å². The third kappa shape index (κ3) is 4.02. The van der Waals surface area contributed by atoms with Crippen LogP contribution < -0.4 is 4.74 Å². The Bertz CT molecular complexity index is 959. The Morgan fingerprint density at radius 1 is 1.26 bits per heavy atom. The molecule has 1 saturated carbocycles. The minimum Gasteiger partial charge on any atom is -0.470 e. The van der Waals surface area contributed by atoms with Crippen molar-refractivity contribution >= 4 is 16.8 Å². The standard InChI is InChI=1S/C22H25N3O2/c1-15-13-19(23-22-20(15)21(17-11-12-17)24-25(22)2)27-14-18(26)10-6-9-16-7-4-3-5-8-16/h3-5,7-8,13,17H,6,9-12,14H2,1-2H3. The van der Waals surface area contributed by atoms with E-state index in [-0.39, 0.29) is 12.4 Å². The van der Waals surface area contributed by atoms with Crippen molar-refractivity contribution < 1.29 is 9.53 Å². The molecule has 0 radical (unpaired) electrons. The highest BCUT2D eigenvalue weighted by molar-refractivity contribution is 5.84. The molecule has 1 aliphatic rings. The fraction of sp³-hybridized carbons (Fsp3) is 0.409. The molecule has 1 aromatic carbocycles. The molecule has 1 fully saturated rings. The number of fused-ring (bicyclic) bond motifs is 1. The number of rotatable bonds is 8. The molecule has 0 saturated heterocycles. The zero-order valence-corrected chi connectivity index (χ0v) is 15.9. The highest BCUT2D eigenvalue weighted by Crippen LogP contribution is 2.43. The maximum absolute atomic E-state index is 12.2. The lowest BCUT2D eigenvalue weighted by molar-refractivity contribution is -0.121. The van der Waals surface area contributed by atoms with Gasteiger partial charge in [-0.25, -0.2) is 0 Å². The molecular formula is C22H25N3O2. The minimum absolute atomic E-state index is 0.0695. The van der Waals surface area contributed by atoms with Crippen LogP contribution in [0.25, 0.3) is 11.0 Å². The smallest absolute Gasteiger partial charge is 0.215 e. The SMILES string of the molecule is Cc1cc(OCC(=O)CCCc2ccccc2)nc2c1c(C1CC1)nn2C. The molecule has 5 nitrogen and oxygen atoms in total. The predicted molar refractivity (Wildman–Crippen MR) is 105 cm³/mol. The molecule has 27 heavy (non-hydrogen) atoms. The molecule has 3 aromatic rings. The summed E-state index contributed by atoms with van der Waals surface area (Å²) in [6.45, 7) is 2.13. The number of ketones is 1. The van der Waals surface area contributed by atoms with E-state index in [0.29, 0.717) is 18.2 Å². The van der Waals surface area contributed by atoms with Gasteiger partial charge in [-0.1, -0.05) is 30.3 Å². The molecule has 4 rings (SSSR count).